The van der Waals surface area contributed by atoms with E-state index in [-0.39, 0.29) is 35.6 Å². The lowest BCUT2D eigenvalue weighted by molar-refractivity contribution is 0.0864. The van der Waals surface area contributed by atoms with Crippen LogP contribution in [-0.4, -0.2) is 36.1 Å². The fraction of sp³-hybridized carbons (Fsp3) is 0.429. The lowest BCUT2D eigenvalue weighted by Gasteiger charge is -2.26. The molecule has 0 saturated heterocycles. The first-order valence-electron chi connectivity index (χ1n) is 9.39. The van der Waals surface area contributed by atoms with Crippen LogP contribution in [0.2, 0.25) is 0 Å². The van der Waals surface area contributed by atoms with Gasteiger partial charge in [-0.3, -0.25) is 9.59 Å². The molecule has 6 nitrogen and oxygen atoms in total. The molecule has 1 aliphatic rings. The predicted molar refractivity (Wildman–Crippen MR) is 102 cm³/mol. The third-order valence-corrected chi connectivity index (χ3v) is 5.18. The Bertz CT molecular complexity index is 792. The molecule has 6 heteroatoms. The van der Waals surface area contributed by atoms with E-state index in [0.29, 0.717) is 24.2 Å². The third-order valence-electron chi connectivity index (χ3n) is 5.18. The molecule has 2 aromatic rings. The summed E-state index contributed by atoms with van der Waals surface area (Å²) < 4.78 is 5.80. The molecule has 1 aromatic heterocycles. The molecule has 144 valence electrons. The molecule has 1 saturated carbocycles. The lowest BCUT2D eigenvalue weighted by atomic mass is 9.92. The predicted octanol–water partition coefficient (Wildman–Crippen LogP) is 2.82. The zero-order valence-electron chi connectivity index (χ0n) is 15.7. The zero-order valence-corrected chi connectivity index (χ0v) is 15.7. The zero-order chi connectivity index (χ0) is 19.4. The van der Waals surface area contributed by atoms with E-state index >= 15 is 0 Å². The summed E-state index contributed by atoms with van der Waals surface area (Å²) in [6, 6.07) is 11.3. The summed E-state index contributed by atoms with van der Waals surface area (Å²) in [5, 5.41) is 15.2. The normalized spacial score (nSPS) is 20.7. The quantitative estimate of drug-likeness (QED) is 0.755. The highest BCUT2D eigenvalue weighted by Gasteiger charge is 2.28. The summed E-state index contributed by atoms with van der Waals surface area (Å²) in [4.78, 5) is 24.9. The Morgan fingerprint density at radius 2 is 1.78 bits per heavy atom. The number of rotatable bonds is 5. The molecular weight excluding hydrogens is 344 g/mol. The Morgan fingerprint density at radius 3 is 2.41 bits per heavy atom. The van der Waals surface area contributed by atoms with Gasteiger partial charge >= 0.3 is 0 Å². The number of amides is 2. The maximum absolute atomic E-state index is 12.9. The molecule has 0 bridgehead atoms. The number of nitrogens with one attached hydrogen (secondary N) is 2. The Morgan fingerprint density at radius 1 is 1.11 bits per heavy atom. The SMILES string of the molecule is CNC(=O)c1cc(C(=O)NC2CCC(O)CC2)c([C@H](C)c2ccccc2)o1. The molecule has 3 rings (SSSR count). The van der Waals surface area contributed by atoms with Gasteiger partial charge in [0.2, 0.25) is 0 Å². The maximum atomic E-state index is 12.9. The summed E-state index contributed by atoms with van der Waals surface area (Å²) in [6.07, 6.45) is 2.59. The summed E-state index contributed by atoms with van der Waals surface area (Å²) >= 11 is 0. The van der Waals surface area contributed by atoms with Crippen LogP contribution in [0.15, 0.2) is 40.8 Å². The highest BCUT2D eigenvalue weighted by molar-refractivity contribution is 5.99. The Kier molecular flexibility index (Phi) is 5.96. The minimum atomic E-state index is -0.364. The minimum Gasteiger partial charge on any atom is -0.454 e. The van der Waals surface area contributed by atoms with Gasteiger partial charge in [-0.2, -0.15) is 0 Å². The van der Waals surface area contributed by atoms with Crippen LogP contribution >= 0.6 is 0 Å². The van der Waals surface area contributed by atoms with Crippen LogP contribution in [0, 0.1) is 0 Å². The number of hydrogen-bond acceptors (Lipinski definition) is 4. The van der Waals surface area contributed by atoms with Gasteiger partial charge in [0.05, 0.1) is 11.7 Å². The minimum absolute atomic E-state index is 0.0270. The van der Waals surface area contributed by atoms with Gasteiger partial charge in [-0.05, 0) is 31.2 Å². The van der Waals surface area contributed by atoms with E-state index in [4.69, 9.17) is 4.42 Å². The van der Waals surface area contributed by atoms with Crippen LogP contribution in [0.25, 0.3) is 0 Å². The number of benzene rings is 1. The molecule has 1 heterocycles. The van der Waals surface area contributed by atoms with Crippen molar-refractivity contribution in [3.05, 3.63) is 59.0 Å². The first kappa shape index (κ1) is 19.2. The molecule has 0 radical (unpaired) electrons. The number of hydrogen-bond donors (Lipinski definition) is 3. The van der Waals surface area contributed by atoms with Crippen molar-refractivity contribution in [1.29, 1.82) is 0 Å². The van der Waals surface area contributed by atoms with E-state index in [1.54, 1.807) is 0 Å². The van der Waals surface area contributed by atoms with Crippen molar-refractivity contribution in [3.63, 3.8) is 0 Å². The van der Waals surface area contributed by atoms with E-state index in [9.17, 15) is 14.7 Å². The average molecular weight is 370 g/mol. The summed E-state index contributed by atoms with van der Waals surface area (Å²) in [5.41, 5.74) is 1.39. The molecule has 0 unspecified atom stereocenters. The number of aliphatic hydroxyl groups is 1. The highest BCUT2D eigenvalue weighted by Crippen LogP contribution is 2.30. The van der Waals surface area contributed by atoms with Gasteiger partial charge in [0.25, 0.3) is 11.8 Å². The van der Waals surface area contributed by atoms with Crippen LogP contribution in [0.3, 0.4) is 0 Å². The van der Waals surface area contributed by atoms with Gasteiger partial charge in [0.15, 0.2) is 5.76 Å². The summed E-state index contributed by atoms with van der Waals surface area (Å²) in [5.74, 6) is -0.171. The number of carbonyl (C=O) groups is 2. The molecule has 1 aliphatic carbocycles. The van der Waals surface area contributed by atoms with E-state index in [0.717, 1.165) is 18.4 Å². The van der Waals surface area contributed by atoms with Crippen LogP contribution in [-0.2, 0) is 0 Å². The van der Waals surface area contributed by atoms with E-state index in [1.807, 2.05) is 37.3 Å². The van der Waals surface area contributed by atoms with Crippen molar-refractivity contribution in [2.45, 2.75) is 50.7 Å². The topological polar surface area (TPSA) is 91.6 Å². The molecule has 3 N–H and O–H groups in total. The molecule has 1 aromatic carbocycles. The van der Waals surface area contributed by atoms with Crippen LogP contribution in [0.4, 0.5) is 0 Å². The molecule has 0 aliphatic heterocycles. The fourth-order valence-electron chi connectivity index (χ4n) is 3.52. The molecule has 27 heavy (non-hydrogen) atoms. The number of carbonyl (C=O) groups excluding carboxylic acids is 2. The van der Waals surface area contributed by atoms with Gasteiger partial charge in [-0.15, -0.1) is 0 Å². The summed E-state index contributed by atoms with van der Waals surface area (Å²) in [7, 11) is 1.53. The van der Waals surface area contributed by atoms with Gasteiger partial charge in [-0.1, -0.05) is 37.3 Å². The average Bonchev–Trinajstić information content (AvgIpc) is 3.15. The van der Waals surface area contributed by atoms with Gasteiger partial charge in [-0.25, -0.2) is 0 Å². The second kappa shape index (κ2) is 8.39. The maximum Gasteiger partial charge on any atom is 0.286 e. The van der Waals surface area contributed by atoms with Crippen molar-refractivity contribution < 1.29 is 19.1 Å². The van der Waals surface area contributed by atoms with E-state index in [2.05, 4.69) is 10.6 Å². The fourth-order valence-corrected chi connectivity index (χ4v) is 3.52. The highest BCUT2D eigenvalue weighted by atomic mass is 16.4. The van der Waals surface area contributed by atoms with E-state index in [1.165, 1.54) is 13.1 Å². The molecule has 2 amide bonds. The van der Waals surface area contributed by atoms with Crippen LogP contribution < -0.4 is 10.6 Å². The smallest absolute Gasteiger partial charge is 0.286 e. The molecular formula is C21H26N2O4. The first-order chi connectivity index (χ1) is 13.0. The third kappa shape index (κ3) is 4.39. The van der Waals surface area contributed by atoms with Crippen molar-refractivity contribution in [2.24, 2.45) is 0 Å². The molecule has 0 spiro atoms. The largest absolute Gasteiger partial charge is 0.454 e. The standard InChI is InChI=1S/C21H26N2O4/c1-13(14-6-4-3-5-7-14)19-17(12-18(27-19)21(26)22-2)20(25)23-15-8-10-16(24)11-9-15/h3-7,12-13,15-16,24H,8-11H2,1-2H3,(H,22,26)(H,23,25)/t13-,15?,16?/m1/s1. The molecule has 1 fully saturated rings. The van der Waals surface area contributed by atoms with Crippen LogP contribution in [0.1, 0.15) is 70.8 Å². The monoisotopic (exact) mass is 370 g/mol. The van der Waals surface area contributed by atoms with Crippen molar-refractivity contribution in [1.82, 2.24) is 10.6 Å². The second-order valence-corrected chi connectivity index (χ2v) is 7.08. The van der Waals surface area contributed by atoms with Gasteiger partial charge in [0.1, 0.15) is 5.76 Å². The molecule has 1 atom stereocenters. The first-order valence-corrected chi connectivity index (χ1v) is 9.39. The second-order valence-electron chi connectivity index (χ2n) is 7.08. The van der Waals surface area contributed by atoms with E-state index < -0.39 is 0 Å². The summed E-state index contributed by atoms with van der Waals surface area (Å²) in [6.45, 7) is 1.95. The van der Waals surface area contributed by atoms with Gasteiger partial charge in [0, 0.05) is 25.1 Å². The Labute approximate surface area is 159 Å². The Hall–Kier alpha value is -2.60. The van der Waals surface area contributed by atoms with Crippen molar-refractivity contribution in [3.8, 4) is 0 Å². The van der Waals surface area contributed by atoms with Gasteiger partial charge < -0.3 is 20.2 Å². The van der Waals surface area contributed by atoms with Crippen molar-refractivity contribution in [2.75, 3.05) is 7.05 Å². The lowest BCUT2D eigenvalue weighted by Crippen LogP contribution is -2.38. The van der Waals surface area contributed by atoms with Crippen molar-refractivity contribution >= 4 is 11.8 Å². The van der Waals surface area contributed by atoms with Crippen LogP contribution in [0.5, 0.6) is 0 Å². The number of aliphatic hydroxyl groups excluding tert-OH is 1. The Balaban J connectivity index is 1.87. The number of furan rings is 1.